The first-order valence-electron chi connectivity index (χ1n) is 10.3. The van der Waals surface area contributed by atoms with Gasteiger partial charge in [0.1, 0.15) is 6.61 Å². The molecule has 0 bridgehead atoms. The van der Waals surface area contributed by atoms with Gasteiger partial charge in [0.2, 0.25) is 0 Å². The molecule has 1 fully saturated rings. The van der Waals surface area contributed by atoms with Gasteiger partial charge in [0, 0.05) is 31.0 Å². The molecule has 5 nitrogen and oxygen atoms in total. The molecule has 0 aromatic heterocycles. The molecule has 1 aliphatic heterocycles. The molecule has 3 aromatic rings. The van der Waals surface area contributed by atoms with Gasteiger partial charge in [-0.1, -0.05) is 36.4 Å². The molecule has 3 aromatic carbocycles. The second-order valence-corrected chi connectivity index (χ2v) is 7.26. The van der Waals surface area contributed by atoms with E-state index in [9.17, 15) is 0 Å². The van der Waals surface area contributed by atoms with Crippen molar-refractivity contribution in [1.29, 1.82) is 0 Å². The summed E-state index contributed by atoms with van der Waals surface area (Å²) in [7, 11) is 1.67. The van der Waals surface area contributed by atoms with Crippen molar-refractivity contribution in [1.82, 2.24) is 0 Å². The summed E-state index contributed by atoms with van der Waals surface area (Å²) < 4.78 is 16.9. The zero-order valence-electron chi connectivity index (χ0n) is 17.3. The van der Waals surface area contributed by atoms with Crippen molar-refractivity contribution in [3.8, 4) is 11.5 Å². The predicted molar refractivity (Wildman–Crippen MR) is 121 cm³/mol. The standard InChI is InChI=1S/C25H28N2O3/c1-28-25-17-21(7-12-24(25)30-19-20-5-3-2-4-6-20)18-26-22-8-10-23(11-9-22)27-13-15-29-16-14-27/h2-12,17,26H,13-16,18-19H2,1H3. The lowest BCUT2D eigenvalue weighted by Crippen LogP contribution is -2.36. The molecule has 5 heteroatoms. The fraction of sp³-hybridized carbons (Fsp3) is 0.280. The first-order valence-corrected chi connectivity index (χ1v) is 10.3. The van der Waals surface area contributed by atoms with Gasteiger partial charge in [-0.25, -0.2) is 0 Å². The summed E-state index contributed by atoms with van der Waals surface area (Å²) >= 11 is 0. The van der Waals surface area contributed by atoms with Crippen LogP contribution in [0.3, 0.4) is 0 Å². The second kappa shape index (κ2) is 10.0. The minimum absolute atomic E-state index is 0.518. The van der Waals surface area contributed by atoms with Gasteiger partial charge in [-0.3, -0.25) is 0 Å². The maximum absolute atomic E-state index is 5.94. The van der Waals surface area contributed by atoms with Gasteiger partial charge in [-0.15, -0.1) is 0 Å². The third-order valence-corrected chi connectivity index (χ3v) is 5.21. The Morgan fingerprint density at radius 1 is 0.867 bits per heavy atom. The van der Waals surface area contributed by atoms with Crippen LogP contribution in [0, 0.1) is 0 Å². The lowest BCUT2D eigenvalue weighted by Gasteiger charge is -2.28. The van der Waals surface area contributed by atoms with E-state index in [1.165, 1.54) is 5.69 Å². The van der Waals surface area contributed by atoms with Crippen LogP contribution in [-0.4, -0.2) is 33.4 Å². The number of methoxy groups -OCH3 is 1. The van der Waals surface area contributed by atoms with E-state index in [0.29, 0.717) is 13.2 Å². The molecule has 0 amide bonds. The Morgan fingerprint density at radius 2 is 1.63 bits per heavy atom. The number of nitrogens with one attached hydrogen (secondary N) is 1. The van der Waals surface area contributed by atoms with Crippen LogP contribution >= 0.6 is 0 Å². The van der Waals surface area contributed by atoms with Crippen LogP contribution < -0.4 is 19.7 Å². The highest BCUT2D eigenvalue weighted by Gasteiger charge is 2.11. The predicted octanol–water partition coefficient (Wildman–Crippen LogP) is 4.72. The molecule has 0 saturated carbocycles. The summed E-state index contributed by atoms with van der Waals surface area (Å²) in [4.78, 5) is 2.35. The molecule has 4 rings (SSSR count). The summed E-state index contributed by atoms with van der Waals surface area (Å²) in [6.45, 7) is 4.73. The Hall–Kier alpha value is -3.18. The summed E-state index contributed by atoms with van der Waals surface area (Å²) in [5.74, 6) is 1.49. The minimum atomic E-state index is 0.518. The van der Waals surface area contributed by atoms with Gasteiger partial charge in [0.15, 0.2) is 11.5 Å². The topological polar surface area (TPSA) is 43.0 Å². The van der Waals surface area contributed by atoms with E-state index in [-0.39, 0.29) is 0 Å². The molecule has 0 aliphatic carbocycles. The van der Waals surface area contributed by atoms with Crippen LogP contribution in [0.25, 0.3) is 0 Å². The molecular formula is C25H28N2O3. The van der Waals surface area contributed by atoms with Crippen molar-refractivity contribution in [2.24, 2.45) is 0 Å². The fourth-order valence-electron chi connectivity index (χ4n) is 3.49. The molecule has 0 atom stereocenters. The highest BCUT2D eigenvalue weighted by atomic mass is 16.5. The third-order valence-electron chi connectivity index (χ3n) is 5.21. The second-order valence-electron chi connectivity index (χ2n) is 7.26. The average molecular weight is 405 g/mol. The monoisotopic (exact) mass is 404 g/mol. The molecule has 0 spiro atoms. The maximum Gasteiger partial charge on any atom is 0.161 e. The molecule has 30 heavy (non-hydrogen) atoms. The molecule has 1 aliphatic rings. The SMILES string of the molecule is COc1cc(CNc2ccc(N3CCOCC3)cc2)ccc1OCc1ccccc1. The van der Waals surface area contributed by atoms with Crippen molar-refractivity contribution in [3.63, 3.8) is 0 Å². The number of hydrogen-bond donors (Lipinski definition) is 1. The van der Waals surface area contributed by atoms with E-state index in [2.05, 4.69) is 52.7 Å². The number of benzene rings is 3. The molecule has 1 saturated heterocycles. The van der Waals surface area contributed by atoms with E-state index < -0.39 is 0 Å². The van der Waals surface area contributed by atoms with Crippen molar-refractivity contribution in [2.45, 2.75) is 13.2 Å². The molecule has 1 heterocycles. The maximum atomic E-state index is 5.94. The molecule has 156 valence electrons. The lowest BCUT2D eigenvalue weighted by molar-refractivity contribution is 0.122. The van der Waals surface area contributed by atoms with Gasteiger partial charge in [-0.2, -0.15) is 0 Å². The first kappa shape index (κ1) is 20.1. The van der Waals surface area contributed by atoms with Crippen molar-refractivity contribution in [3.05, 3.63) is 83.9 Å². The summed E-state index contributed by atoms with van der Waals surface area (Å²) in [6, 6.07) is 24.8. The molecular weight excluding hydrogens is 376 g/mol. The van der Waals surface area contributed by atoms with Crippen molar-refractivity contribution >= 4 is 11.4 Å². The minimum Gasteiger partial charge on any atom is -0.493 e. The van der Waals surface area contributed by atoms with E-state index in [0.717, 1.165) is 54.6 Å². The third kappa shape index (κ3) is 5.24. The van der Waals surface area contributed by atoms with E-state index >= 15 is 0 Å². The molecule has 0 unspecified atom stereocenters. The Bertz CT molecular complexity index is 923. The molecule has 1 N–H and O–H groups in total. The number of morpholine rings is 1. The highest BCUT2D eigenvalue weighted by Crippen LogP contribution is 2.29. The number of anilines is 2. The quantitative estimate of drug-likeness (QED) is 0.588. The average Bonchev–Trinajstić information content (AvgIpc) is 2.83. The van der Waals surface area contributed by atoms with Crippen LogP contribution in [0.1, 0.15) is 11.1 Å². The smallest absolute Gasteiger partial charge is 0.161 e. The van der Waals surface area contributed by atoms with E-state index in [1.807, 2.05) is 30.3 Å². The van der Waals surface area contributed by atoms with Gasteiger partial charge in [0.25, 0.3) is 0 Å². The Kier molecular flexibility index (Phi) is 6.72. The molecule has 0 radical (unpaired) electrons. The first-order chi connectivity index (χ1) is 14.8. The van der Waals surface area contributed by atoms with Crippen molar-refractivity contribution in [2.75, 3.05) is 43.6 Å². The number of ether oxygens (including phenoxy) is 3. The van der Waals surface area contributed by atoms with Gasteiger partial charge in [-0.05, 0) is 47.5 Å². The van der Waals surface area contributed by atoms with Crippen LogP contribution in [0.5, 0.6) is 11.5 Å². The van der Waals surface area contributed by atoms with Crippen LogP contribution in [0.2, 0.25) is 0 Å². The number of nitrogens with zero attached hydrogens (tertiary/aromatic N) is 1. The zero-order chi connectivity index (χ0) is 20.6. The van der Waals surface area contributed by atoms with Crippen molar-refractivity contribution < 1.29 is 14.2 Å². The van der Waals surface area contributed by atoms with Gasteiger partial charge in [0.05, 0.1) is 20.3 Å². The largest absolute Gasteiger partial charge is 0.493 e. The van der Waals surface area contributed by atoms with E-state index in [4.69, 9.17) is 14.2 Å². The van der Waals surface area contributed by atoms with Gasteiger partial charge >= 0.3 is 0 Å². The normalized spacial score (nSPS) is 13.7. The van der Waals surface area contributed by atoms with Gasteiger partial charge < -0.3 is 24.4 Å². The Morgan fingerprint density at radius 3 is 2.37 bits per heavy atom. The fourth-order valence-corrected chi connectivity index (χ4v) is 3.49. The van der Waals surface area contributed by atoms with Crippen LogP contribution in [0.4, 0.5) is 11.4 Å². The van der Waals surface area contributed by atoms with E-state index in [1.54, 1.807) is 7.11 Å². The van der Waals surface area contributed by atoms with Crippen LogP contribution in [0.15, 0.2) is 72.8 Å². The Labute approximate surface area is 178 Å². The summed E-state index contributed by atoms with van der Waals surface area (Å²) in [5, 5.41) is 3.48. The van der Waals surface area contributed by atoms with Crippen LogP contribution in [-0.2, 0) is 17.9 Å². The Balaban J connectivity index is 1.34. The summed E-state index contributed by atoms with van der Waals surface area (Å²) in [5.41, 5.74) is 4.60. The zero-order valence-corrected chi connectivity index (χ0v) is 17.3. The lowest BCUT2D eigenvalue weighted by atomic mass is 10.2. The number of hydrogen-bond acceptors (Lipinski definition) is 5. The summed E-state index contributed by atoms with van der Waals surface area (Å²) in [6.07, 6.45) is 0. The number of rotatable bonds is 8. The highest BCUT2D eigenvalue weighted by molar-refractivity contribution is 5.55.